The number of nitro benzene ring substituents is 1. The van der Waals surface area contributed by atoms with Crippen LogP contribution >= 0.6 is 22.9 Å². The second kappa shape index (κ2) is 9.26. The van der Waals surface area contributed by atoms with E-state index in [1.54, 1.807) is 15.9 Å². The van der Waals surface area contributed by atoms with Gasteiger partial charge in [-0.05, 0) is 30.2 Å². The van der Waals surface area contributed by atoms with Crippen molar-refractivity contribution in [3.8, 4) is 0 Å². The minimum absolute atomic E-state index is 0.0349. The van der Waals surface area contributed by atoms with Gasteiger partial charge in [0.2, 0.25) is 0 Å². The van der Waals surface area contributed by atoms with Crippen LogP contribution in [-0.2, 0) is 6.42 Å². The molecule has 2 heterocycles. The van der Waals surface area contributed by atoms with Crippen LogP contribution in [0, 0.1) is 10.1 Å². The summed E-state index contributed by atoms with van der Waals surface area (Å²) < 4.78 is 0.605. The van der Waals surface area contributed by atoms with Crippen molar-refractivity contribution in [3.05, 3.63) is 73.6 Å². The molecule has 32 heavy (non-hydrogen) atoms. The van der Waals surface area contributed by atoms with Crippen molar-refractivity contribution in [1.82, 2.24) is 9.80 Å². The number of hydrogen-bond donors (Lipinski definition) is 0. The average molecular weight is 472 g/mol. The van der Waals surface area contributed by atoms with E-state index in [0.717, 1.165) is 24.2 Å². The van der Waals surface area contributed by atoms with Crippen molar-refractivity contribution in [1.29, 1.82) is 0 Å². The number of halogens is 1. The van der Waals surface area contributed by atoms with Crippen LogP contribution in [0.1, 0.15) is 38.9 Å². The number of aryl methyl sites for hydroxylation is 1. The van der Waals surface area contributed by atoms with E-state index in [1.165, 1.54) is 17.7 Å². The Morgan fingerprint density at radius 1 is 1.03 bits per heavy atom. The van der Waals surface area contributed by atoms with E-state index in [9.17, 15) is 19.7 Å². The minimum atomic E-state index is -0.470. The smallest absolute Gasteiger partial charge is 0.270 e. The summed E-state index contributed by atoms with van der Waals surface area (Å²) in [6.07, 6.45) is 2.05. The summed E-state index contributed by atoms with van der Waals surface area (Å²) in [7, 11) is 0. The zero-order valence-corrected chi connectivity index (χ0v) is 19.1. The summed E-state index contributed by atoms with van der Waals surface area (Å²) in [6, 6.07) is 12.1. The number of hydrogen-bond acceptors (Lipinski definition) is 5. The summed E-state index contributed by atoms with van der Waals surface area (Å²) in [6.45, 7) is 3.81. The number of thiophene rings is 1. The number of nitrogens with zero attached hydrogens (tertiary/aromatic N) is 3. The highest BCUT2D eigenvalue weighted by molar-refractivity contribution is 7.21. The van der Waals surface area contributed by atoms with Crippen molar-refractivity contribution >= 4 is 50.5 Å². The van der Waals surface area contributed by atoms with Crippen molar-refractivity contribution in [2.45, 2.75) is 19.8 Å². The molecule has 1 aliphatic rings. The lowest BCUT2D eigenvalue weighted by Gasteiger charge is -2.34. The Hall–Kier alpha value is -2.97. The van der Waals surface area contributed by atoms with Gasteiger partial charge in [-0.3, -0.25) is 19.7 Å². The third-order valence-corrected chi connectivity index (χ3v) is 7.26. The molecule has 3 aromatic rings. The molecule has 9 heteroatoms. The van der Waals surface area contributed by atoms with Gasteiger partial charge < -0.3 is 9.80 Å². The Labute approximate surface area is 194 Å². The van der Waals surface area contributed by atoms with Gasteiger partial charge in [-0.25, -0.2) is 0 Å². The van der Waals surface area contributed by atoms with Gasteiger partial charge in [0.1, 0.15) is 4.88 Å². The molecule has 2 aromatic carbocycles. The maximum absolute atomic E-state index is 13.1. The van der Waals surface area contributed by atoms with E-state index in [1.807, 2.05) is 24.3 Å². The number of rotatable bonds is 5. The molecule has 0 radical (unpaired) electrons. The Morgan fingerprint density at radius 3 is 2.25 bits per heavy atom. The van der Waals surface area contributed by atoms with Gasteiger partial charge >= 0.3 is 0 Å². The molecule has 0 saturated carbocycles. The topological polar surface area (TPSA) is 83.8 Å². The Morgan fingerprint density at radius 2 is 1.66 bits per heavy atom. The molecule has 0 N–H and O–H groups in total. The first kappa shape index (κ1) is 22.2. The Kier molecular flexibility index (Phi) is 6.43. The lowest BCUT2D eigenvalue weighted by atomic mass is 10.1. The van der Waals surface area contributed by atoms with E-state index < -0.39 is 4.92 Å². The van der Waals surface area contributed by atoms with Gasteiger partial charge in [0.25, 0.3) is 17.5 Å². The molecular weight excluding hydrogens is 450 g/mol. The van der Waals surface area contributed by atoms with Crippen LogP contribution in [0.3, 0.4) is 0 Å². The number of carbonyl (C=O) groups is 2. The first-order valence-corrected chi connectivity index (χ1v) is 11.6. The number of amides is 2. The van der Waals surface area contributed by atoms with E-state index in [2.05, 4.69) is 6.92 Å². The fraction of sp³-hybridized carbons (Fsp3) is 0.304. The van der Waals surface area contributed by atoms with Gasteiger partial charge in [-0.2, -0.15) is 0 Å². The Bertz CT molecular complexity index is 1180. The third-order valence-electron chi connectivity index (χ3n) is 5.61. The molecule has 0 atom stereocenters. The molecular formula is C23H22ClN3O4S. The lowest BCUT2D eigenvalue weighted by Crippen LogP contribution is -2.50. The van der Waals surface area contributed by atoms with E-state index in [4.69, 9.17) is 11.6 Å². The average Bonchev–Trinajstić information content (AvgIpc) is 3.14. The van der Waals surface area contributed by atoms with Crippen LogP contribution in [0.2, 0.25) is 5.02 Å². The summed E-state index contributed by atoms with van der Waals surface area (Å²) in [4.78, 5) is 40.2. The molecule has 2 amide bonds. The normalized spacial score (nSPS) is 14.1. The second-order valence-corrected chi connectivity index (χ2v) is 9.14. The number of piperazine rings is 1. The molecule has 0 unspecified atom stereocenters. The highest BCUT2D eigenvalue weighted by Crippen LogP contribution is 2.38. The van der Waals surface area contributed by atoms with Crippen LogP contribution < -0.4 is 0 Å². The molecule has 4 rings (SSSR count). The zero-order chi connectivity index (χ0) is 22.8. The molecule has 0 spiro atoms. The maximum atomic E-state index is 13.1. The van der Waals surface area contributed by atoms with Gasteiger partial charge in [0.15, 0.2) is 0 Å². The minimum Gasteiger partial charge on any atom is -0.335 e. The van der Waals surface area contributed by atoms with Crippen LogP contribution in [-0.4, -0.2) is 52.7 Å². The van der Waals surface area contributed by atoms with Crippen LogP contribution in [0.25, 0.3) is 10.1 Å². The van der Waals surface area contributed by atoms with Crippen molar-refractivity contribution in [2.75, 3.05) is 26.2 Å². The predicted octanol–water partition coefficient (Wildman–Crippen LogP) is 5.01. The van der Waals surface area contributed by atoms with Crippen LogP contribution in [0.4, 0.5) is 5.69 Å². The van der Waals surface area contributed by atoms with E-state index in [-0.39, 0.29) is 17.5 Å². The van der Waals surface area contributed by atoms with E-state index >= 15 is 0 Å². The number of carbonyl (C=O) groups excluding carboxylic acids is 2. The number of nitro groups is 1. The van der Waals surface area contributed by atoms with Gasteiger partial charge in [0, 0.05) is 54.0 Å². The molecule has 1 aliphatic heterocycles. The quantitative estimate of drug-likeness (QED) is 0.386. The number of non-ortho nitro benzene ring substituents is 1. The van der Waals surface area contributed by atoms with Crippen molar-refractivity contribution in [3.63, 3.8) is 0 Å². The molecule has 0 aliphatic carbocycles. The predicted molar refractivity (Wildman–Crippen MR) is 126 cm³/mol. The second-order valence-electron chi connectivity index (χ2n) is 7.71. The third kappa shape index (κ3) is 4.33. The monoisotopic (exact) mass is 471 g/mol. The summed E-state index contributed by atoms with van der Waals surface area (Å²) in [5.41, 5.74) is 1.83. The molecule has 1 saturated heterocycles. The first-order chi connectivity index (χ1) is 15.4. The SMILES string of the molecule is CCCc1ccc(C(=O)N2CCN(C(=O)c3sc4cc([N+](=O)[O-])ccc4c3Cl)CC2)cc1. The Balaban J connectivity index is 1.43. The fourth-order valence-electron chi connectivity index (χ4n) is 3.85. The largest absolute Gasteiger partial charge is 0.335 e. The lowest BCUT2D eigenvalue weighted by molar-refractivity contribution is -0.384. The first-order valence-electron chi connectivity index (χ1n) is 10.4. The zero-order valence-electron chi connectivity index (χ0n) is 17.5. The van der Waals surface area contributed by atoms with Gasteiger partial charge in [-0.1, -0.05) is 37.1 Å². The summed E-state index contributed by atoms with van der Waals surface area (Å²) in [5.74, 6) is -0.248. The highest BCUT2D eigenvalue weighted by atomic mass is 35.5. The van der Waals surface area contributed by atoms with Crippen LogP contribution in [0.15, 0.2) is 42.5 Å². The van der Waals surface area contributed by atoms with Gasteiger partial charge in [-0.15, -0.1) is 11.3 Å². The number of fused-ring (bicyclic) bond motifs is 1. The van der Waals surface area contributed by atoms with Gasteiger partial charge in [0.05, 0.1) is 9.95 Å². The fourth-order valence-corrected chi connectivity index (χ4v) is 5.36. The molecule has 7 nitrogen and oxygen atoms in total. The molecule has 166 valence electrons. The number of benzene rings is 2. The highest BCUT2D eigenvalue weighted by Gasteiger charge is 2.28. The molecule has 0 bridgehead atoms. The van der Waals surface area contributed by atoms with Crippen LogP contribution in [0.5, 0.6) is 0 Å². The maximum Gasteiger partial charge on any atom is 0.270 e. The van der Waals surface area contributed by atoms with Crippen molar-refractivity contribution < 1.29 is 14.5 Å². The summed E-state index contributed by atoms with van der Waals surface area (Å²) in [5, 5.41) is 12.0. The summed E-state index contributed by atoms with van der Waals surface area (Å²) >= 11 is 7.58. The molecule has 1 aromatic heterocycles. The van der Waals surface area contributed by atoms with E-state index in [0.29, 0.717) is 51.7 Å². The van der Waals surface area contributed by atoms with Crippen molar-refractivity contribution in [2.24, 2.45) is 0 Å². The molecule has 1 fully saturated rings. The standard InChI is InChI=1S/C23H22ClN3O4S/c1-2-3-15-4-6-16(7-5-15)22(28)25-10-12-26(13-11-25)23(29)21-20(24)18-9-8-17(27(30)31)14-19(18)32-21/h4-9,14H,2-3,10-13H2,1H3.